The molecule has 0 fully saturated rings. The fraction of sp³-hybridized carbons (Fsp3) is 0.0556. The van der Waals surface area contributed by atoms with Crippen molar-refractivity contribution in [2.45, 2.75) is 6.18 Å². The van der Waals surface area contributed by atoms with Crippen LogP contribution in [0.3, 0.4) is 0 Å². The Kier molecular flexibility index (Phi) is 5.02. The first-order chi connectivity index (χ1) is 12.8. The average Bonchev–Trinajstić information content (AvgIpc) is 2.63. The number of amides is 1. The molecule has 1 aromatic heterocycles. The highest BCUT2D eigenvalue weighted by Gasteiger charge is 2.30. The number of carbonyl (C=O) groups excluding carboxylic acids is 1. The Morgan fingerprint density at radius 2 is 1.52 bits per heavy atom. The summed E-state index contributed by atoms with van der Waals surface area (Å²) in [6.45, 7) is 0. The molecule has 2 aromatic carbocycles. The molecule has 2 N–H and O–H groups in total. The first-order valence-corrected chi connectivity index (χ1v) is 7.64. The molecule has 1 heterocycles. The second-order valence-corrected chi connectivity index (χ2v) is 5.45. The Labute approximate surface area is 151 Å². The van der Waals surface area contributed by atoms with E-state index in [1.54, 1.807) is 0 Å². The minimum absolute atomic E-state index is 0.00881. The van der Waals surface area contributed by atoms with Crippen LogP contribution >= 0.6 is 0 Å². The minimum Gasteiger partial charge on any atom is -0.340 e. The Morgan fingerprint density at radius 1 is 0.889 bits per heavy atom. The van der Waals surface area contributed by atoms with Gasteiger partial charge in [0, 0.05) is 17.4 Å². The number of aromatic nitrogens is 2. The van der Waals surface area contributed by atoms with Gasteiger partial charge >= 0.3 is 6.18 Å². The number of carbonyl (C=O) groups is 1. The summed E-state index contributed by atoms with van der Waals surface area (Å²) >= 11 is 0. The number of alkyl halides is 3. The van der Waals surface area contributed by atoms with Gasteiger partial charge in [-0.3, -0.25) is 4.79 Å². The molecule has 0 saturated carbocycles. The van der Waals surface area contributed by atoms with E-state index in [2.05, 4.69) is 20.6 Å². The lowest BCUT2D eigenvalue weighted by atomic mass is 10.2. The van der Waals surface area contributed by atoms with Crippen molar-refractivity contribution in [3.63, 3.8) is 0 Å². The van der Waals surface area contributed by atoms with Crippen LogP contribution in [0.1, 0.15) is 16.1 Å². The first-order valence-electron chi connectivity index (χ1n) is 7.64. The molecular formula is C18H12F4N4O. The molecule has 5 nitrogen and oxygen atoms in total. The number of benzene rings is 2. The lowest BCUT2D eigenvalue weighted by molar-refractivity contribution is -0.137. The van der Waals surface area contributed by atoms with Gasteiger partial charge in [-0.05, 0) is 48.5 Å². The molecule has 0 aliphatic rings. The highest BCUT2D eigenvalue weighted by atomic mass is 19.4. The van der Waals surface area contributed by atoms with Gasteiger partial charge in [0.25, 0.3) is 5.91 Å². The molecular weight excluding hydrogens is 364 g/mol. The van der Waals surface area contributed by atoms with E-state index in [0.29, 0.717) is 11.5 Å². The maximum absolute atomic E-state index is 12.9. The maximum Gasteiger partial charge on any atom is 0.416 e. The molecule has 3 rings (SSSR count). The quantitative estimate of drug-likeness (QED) is 0.652. The lowest BCUT2D eigenvalue weighted by Gasteiger charge is -2.09. The van der Waals surface area contributed by atoms with E-state index in [1.807, 2.05) is 0 Å². The smallest absolute Gasteiger partial charge is 0.340 e. The van der Waals surface area contributed by atoms with Gasteiger partial charge in [0.1, 0.15) is 23.7 Å². The number of hydrogen-bond acceptors (Lipinski definition) is 4. The highest BCUT2D eigenvalue weighted by Crippen LogP contribution is 2.29. The second-order valence-electron chi connectivity index (χ2n) is 5.45. The van der Waals surface area contributed by atoms with E-state index in [4.69, 9.17) is 0 Å². The van der Waals surface area contributed by atoms with Crippen molar-refractivity contribution < 1.29 is 22.4 Å². The molecule has 0 atom stereocenters. The SMILES string of the molecule is O=C(Nc1ccc(C(F)(F)F)cc1)c1cc(Nc2ccc(F)cc2)ncn1. The molecule has 0 spiro atoms. The molecule has 0 bridgehead atoms. The Hall–Kier alpha value is -3.49. The molecule has 1 amide bonds. The molecule has 0 unspecified atom stereocenters. The Balaban J connectivity index is 1.70. The number of nitrogens with zero attached hydrogens (tertiary/aromatic N) is 2. The highest BCUT2D eigenvalue weighted by molar-refractivity contribution is 6.03. The summed E-state index contributed by atoms with van der Waals surface area (Å²) < 4.78 is 50.6. The molecule has 9 heteroatoms. The average molecular weight is 376 g/mol. The van der Waals surface area contributed by atoms with E-state index >= 15 is 0 Å². The van der Waals surface area contributed by atoms with E-state index < -0.39 is 17.6 Å². The summed E-state index contributed by atoms with van der Waals surface area (Å²) in [5, 5.41) is 5.35. The predicted octanol–water partition coefficient (Wildman–Crippen LogP) is 4.63. The molecule has 138 valence electrons. The van der Waals surface area contributed by atoms with Gasteiger partial charge < -0.3 is 10.6 Å². The zero-order chi connectivity index (χ0) is 19.4. The van der Waals surface area contributed by atoms with Crippen LogP contribution in [-0.2, 0) is 6.18 Å². The predicted molar refractivity (Wildman–Crippen MR) is 91.1 cm³/mol. The number of halogens is 4. The third-order valence-electron chi connectivity index (χ3n) is 3.49. The van der Waals surface area contributed by atoms with Gasteiger partial charge in [-0.1, -0.05) is 0 Å². The zero-order valence-corrected chi connectivity index (χ0v) is 13.6. The number of rotatable bonds is 4. The fourth-order valence-electron chi connectivity index (χ4n) is 2.17. The maximum atomic E-state index is 12.9. The molecule has 0 aliphatic carbocycles. The van der Waals surface area contributed by atoms with Gasteiger partial charge in [-0.15, -0.1) is 0 Å². The van der Waals surface area contributed by atoms with Crippen molar-refractivity contribution in [2.75, 3.05) is 10.6 Å². The van der Waals surface area contributed by atoms with E-state index in [0.717, 1.165) is 30.6 Å². The summed E-state index contributed by atoms with van der Waals surface area (Å²) in [7, 11) is 0. The zero-order valence-electron chi connectivity index (χ0n) is 13.6. The number of hydrogen-bond donors (Lipinski definition) is 2. The van der Waals surface area contributed by atoms with E-state index in [1.165, 1.54) is 30.3 Å². The fourth-order valence-corrected chi connectivity index (χ4v) is 2.17. The van der Waals surface area contributed by atoms with Crippen LogP contribution in [-0.4, -0.2) is 15.9 Å². The molecule has 27 heavy (non-hydrogen) atoms. The van der Waals surface area contributed by atoms with Crippen LogP contribution in [0.2, 0.25) is 0 Å². The molecule has 0 saturated heterocycles. The van der Waals surface area contributed by atoms with Crippen LogP contribution in [0.4, 0.5) is 34.8 Å². The van der Waals surface area contributed by atoms with Gasteiger partial charge in [0.15, 0.2) is 0 Å². The first kappa shape index (κ1) is 18.3. The summed E-state index contributed by atoms with van der Waals surface area (Å²) in [5.41, 5.74) is -0.0494. The molecule has 3 aromatic rings. The van der Waals surface area contributed by atoms with Crippen molar-refractivity contribution in [1.82, 2.24) is 9.97 Å². The van der Waals surface area contributed by atoms with Gasteiger partial charge in [0.05, 0.1) is 5.56 Å². The summed E-state index contributed by atoms with van der Waals surface area (Å²) in [6.07, 6.45) is -3.29. The van der Waals surface area contributed by atoms with E-state index in [9.17, 15) is 22.4 Å². The van der Waals surface area contributed by atoms with Crippen LogP contribution < -0.4 is 10.6 Å². The van der Waals surface area contributed by atoms with Crippen LogP contribution in [0.15, 0.2) is 60.9 Å². The second kappa shape index (κ2) is 7.40. The number of nitrogens with one attached hydrogen (secondary N) is 2. The van der Waals surface area contributed by atoms with Crippen LogP contribution in [0.5, 0.6) is 0 Å². The summed E-state index contributed by atoms with van der Waals surface area (Å²) in [4.78, 5) is 20.1. The van der Waals surface area contributed by atoms with Crippen molar-refractivity contribution in [3.05, 3.63) is 78.0 Å². The molecule has 0 radical (unpaired) electrons. The van der Waals surface area contributed by atoms with Crippen molar-refractivity contribution in [1.29, 1.82) is 0 Å². The topological polar surface area (TPSA) is 66.9 Å². The largest absolute Gasteiger partial charge is 0.416 e. The van der Waals surface area contributed by atoms with E-state index in [-0.39, 0.29) is 17.2 Å². The Morgan fingerprint density at radius 3 is 2.15 bits per heavy atom. The van der Waals surface area contributed by atoms with Gasteiger partial charge in [0.2, 0.25) is 0 Å². The summed E-state index contributed by atoms with van der Waals surface area (Å²) in [5.74, 6) is -0.701. The van der Waals surface area contributed by atoms with Crippen molar-refractivity contribution in [3.8, 4) is 0 Å². The monoisotopic (exact) mass is 376 g/mol. The van der Waals surface area contributed by atoms with Crippen LogP contribution in [0, 0.1) is 5.82 Å². The number of anilines is 3. The summed E-state index contributed by atoms with van der Waals surface area (Å²) in [6, 6.07) is 10.9. The third-order valence-corrected chi connectivity index (χ3v) is 3.49. The standard InChI is InChI=1S/C18H12F4N4O/c19-12-3-7-13(8-4-12)25-16-9-15(23-10-24-16)17(27)26-14-5-1-11(2-6-14)18(20,21)22/h1-10H,(H,26,27)(H,23,24,25). The Bertz CT molecular complexity index is 941. The van der Waals surface area contributed by atoms with Crippen LogP contribution in [0.25, 0.3) is 0 Å². The third kappa shape index (κ3) is 4.78. The van der Waals surface area contributed by atoms with Crippen molar-refractivity contribution >= 4 is 23.1 Å². The van der Waals surface area contributed by atoms with Gasteiger partial charge in [-0.25, -0.2) is 14.4 Å². The minimum atomic E-state index is -4.45. The normalized spacial score (nSPS) is 11.1. The van der Waals surface area contributed by atoms with Crippen molar-refractivity contribution in [2.24, 2.45) is 0 Å². The van der Waals surface area contributed by atoms with Gasteiger partial charge in [-0.2, -0.15) is 13.2 Å². The lowest BCUT2D eigenvalue weighted by Crippen LogP contribution is -2.14. The molecule has 0 aliphatic heterocycles.